The van der Waals surface area contributed by atoms with Crippen molar-refractivity contribution in [1.82, 2.24) is 0 Å². The van der Waals surface area contributed by atoms with Crippen LogP contribution in [0.1, 0.15) is 24.8 Å². The molecule has 100 valence electrons. The molecular formula is C14H17BrCl2O. The molecule has 1 aromatic carbocycles. The zero-order valence-electron chi connectivity index (χ0n) is 10.2. The van der Waals surface area contributed by atoms with Gasteiger partial charge in [0.2, 0.25) is 0 Å². The fourth-order valence-corrected chi connectivity index (χ4v) is 3.54. The maximum atomic E-state index is 6.23. The van der Waals surface area contributed by atoms with E-state index >= 15 is 0 Å². The molecule has 0 amide bonds. The van der Waals surface area contributed by atoms with Crippen LogP contribution in [0.15, 0.2) is 28.7 Å². The van der Waals surface area contributed by atoms with Crippen molar-refractivity contribution in [3.63, 3.8) is 0 Å². The summed E-state index contributed by atoms with van der Waals surface area (Å²) in [5, 5.41) is 0. The van der Waals surface area contributed by atoms with Crippen LogP contribution in [0, 0.1) is 0 Å². The molecule has 1 heterocycles. The van der Waals surface area contributed by atoms with Crippen molar-refractivity contribution in [2.45, 2.75) is 30.8 Å². The van der Waals surface area contributed by atoms with Gasteiger partial charge in [0.05, 0.1) is 6.10 Å². The van der Waals surface area contributed by atoms with Crippen molar-refractivity contribution in [3.05, 3.63) is 34.3 Å². The Kier molecular flexibility index (Phi) is 5.37. The second-order valence-electron chi connectivity index (χ2n) is 4.89. The first kappa shape index (κ1) is 14.6. The molecule has 18 heavy (non-hydrogen) atoms. The van der Waals surface area contributed by atoms with Gasteiger partial charge in [0, 0.05) is 28.3 Å². The van der Waals surface area contributed by atoms with Crippen molar-refractivity contribution in [2.75, 3.05) is 18.4 Å². The van der Waals surface area contributed by atoms with Crippen LogP contribution in [0.25, 0.3) is 0 Å². The van der Waals surface area contributed by atoms with Crippen molar-refractivity contribution >= 4 is 39.1 Å². The van der Waals surface area contributed by atoms with Crippen LogP contribution in [0.3, 0.4) is 0 Å². The van der Waals surface area contributed by atoms with E-state index in [-0.39, 0.29) is 5.41 Å². The Labute approximate surface area is 127 Å². The summed E-state index contributed by atoms with van der Waals surface area (Å²) in [6, 6.07) is 8.28. The molecular weight excluding hydrogens is 335 g/mol. The number of hydrogen-bond acceptors (Lipinski definition) is 1. The number of halogens is 3. The van der Waals surface area contributed by atoms with Crippen LogP contribution in [0.5, 0.6) is 0 Å². The van der Waals surface area contributed by atoms with Gasteiger partial charge in [-0.15, -0.1) is 23.2 Å². The maximum absolute atomic E-state index is 6.23. The van der Waals surface area contributed by atoms with E-state index in [0.717, 1.165) is 30.3 Å². The van der Waals surface area contributed by atoms with Gasteiger partial charge in [-0.1, -0.05) is 28.1 Å². The Bertz CT molecular complexity index is 370. The SMILES string of the molecule is ClCC(CCl)(CC1CCCO1)c1ccc(Br)cc1. The molecule has 1 nitrogen and oxygen atoms in total. The fraction of sp³-hybridized carbons (Fsp3) is 0.571. The quantitative estimate of drug-likeness (QED) is 0.696. The zero-order chi connectivity index (χ0) is 13.0. The molecule has 0 bridgehead atoms. The van der Waals surface area contributed by atoms with Crippen molar-refractivity contribution in [1.29, 1.82) is 0 Å². The summed E-state index contributed by atoms with van der Waals surface area (Å²) in [6.07, 6.45) is 3.46. The molecule has 1 aromatic rings. The van der Waals surface area contributed by atoms with Crippen molar-refractivity contribution in [2.24, 2.45) is 0 Å². The van der Waals surface area contributed by atoms with Gasteiger partial charge in [0.15, 0.2) is 0 Å². The third-order valence-electron chi connectivity index (χ3n) is 3.61. The minimum absolute atomic E-state index is 0.182. The second kappa shape index (κ2) is 6.60. The smallest absolute Gasteiger partial charge is 0.0585 e. The molecule has 1 aliphatic heterocycles. The maximum Gasteiger partial charge on any atom is 0.0585 e. The van der Waals surface area contributed by atoms with Crippen LogP contribution in [0.4, 0.5) is 0 Å². The van der Waals surface area contributed by atoms with Gasteiger partial charge in [-0.05, 0) is 37.0 Å². The Morgan fingerprint density at radius 2 is 1.89 bits per heavy atom. The molecule has 0 N–H and O–H groups in total. The summed E-state index contributed by atoms with van der Waals surface area (Å²) in [6.45, 7) is 0.867. The van der Waals surface area contributed by atoms with Gasteiger partial charge in [0.1, 0.15) is 0 Å². The third-order valence-corrected chi connectivity index (χ3v) is 5.16. The molecule has 0 saturated carbocycles. The standard InChI is InChI=1S/C14H17BrCl2O/c15-12-5-3-11(4-6-12)14(9-16,10-17)8-13-2-1-7-18-13/h3-6,13H,1-2,7-10H2. The lowest BCUT2D eigenvalue weighted by Gasteiger charge is -2.32. The Hall–Kier alpha value is 0.240. The minimum atomic E-state index is -0.182. The van der Waals surface area contributed by atoms with E-state index in [1.54, 1.807) is 0 Å². The first-order chi connectivity index (χ1) is 8.70. The van der Waals surface area contributed by atoms with E-state index in [0.29, 0.717) is 17.9 Å². The lowest BCUT2D eigenvalue weighted by atomic mass is 9.79. The predicted octanol–water partition coefficient (Wildman–Crippen LogP) is 4.73. The number of benzene rings is 1. The monoisotopic (exact) mass is 350 g/mol. The summed E-state index contributed by atoms with van der Waals surface area (Å²) in [5.74, 6) is 1.05. The average Bonchev–Trinajstić information content (AvgIpc) is 2.90. The highest BCUT2D eigenvalue weighted by molar-refractivity contribution is 9.10. The van der Waals surface area contributed by atoms with Crippen LogP contribution >= 0.6 is 39.1 Å². The van der Waals surface area contributed by atoms with E-state index in [2.05, 4.69) is 28.1 Å². The molecule has 1 aliphatic rings. The molecule has 4 heteroatoms. The lowest BCUT2D eigenvalue weighted by Crippen LogP contribution is -2.34. The number of alkyl halides is 2. The number of hydrogen-bond donors (Lipinski definition) is 0. The molecule has 1 saturated heterocycles. The zero-order valence-corrected chi connectivity index (χ0v) is 13.3. The summed E-state index contributed by atoms with van der Waals surface area (Å²) >= 11 is 15.9. The van der Waals surface area contributed by atoms with E-state index in [4.69, 9.17) is 27.9 Å². The van der Waals surface area contributed by atoms with Gasteiger partial charge in [0.25, 0.3) is 0 Å². The van der Waals surface area contributed by atoms with Crippen molar-refractivity contribution < 1.29 is 4.74 Å². The number of ether oxygens (including phenoxy) is 1. The topological polar surface area (TPSA) is 9.23 Å². The van der Waals surface area contributed by atoms with Crippen LogP contribution in [-0.4, -0.2) is 24.5 Å². The van der Waals surface area contributed by atoms with E-state index in [1.807, 2.05) is 12.1 Å². The van der Waals surface area contributed by atoms with Gasteiger partial charge < -0.3 is 4.74 Å². The molecule has 0 aliphatic carbocycles. The number of rotatable bonds is 5. The summed E-state index contributed by atoms with van der Waals surface area (Å²) < 4.78 is 6.80. The molecule has 0 spiro atoms. The Balaban J connectivity index is 2.21. The lowest BCUT2D eigenvalue weighted by molar-refractivity contribution is 0.0884. The molecule has 2 rings (SSSR count). The van der Waals surface area contributed by atoms with Gasteiger partial charge in [-0.25, -0.2) is 0 Å². The molecule has 1 atom stereocenters. The van der Waals surface area contributed by atoms with E-state index in [1.165, 1.54) is 5.56 Å². The molecule has 1 unspecified atom stereocenters. The van der Waals surface area contributed by atoms with Gasteiger partial charge >= 0.3 is 0 Å². The molecule has 0 radical (unpaired) electrons. The highest BCUT2D eigenvalue weighted by Crippen LogP contribution is 2.36. The van der Waals surface area contributed by atoms with Crippen molar-refractivity contribution in [3.8, 4) is 0 Å². The van der Waals surface area contributed by atoms with Gasteiger partial charge in [-0.3, -0.25) is 0 Å². The largest absolute Gasteiger partial charge is 0.378 e. The van der Waals surface area contributed by atoms with Crippen LogP contribution in [-0.2, 0) is 10.2 Å². The predicted molar refractivity (Wildman–Crippen MR) is 80.9 cm³/mol. The molecule has 0 aromatic heterocycles. The fourth-order valence-electron chi connectivity index (χ4n) is 2.46. The normalized spacial score (nSPS) is 20.3. The van der Waals surface area contributed by atoms with Gasteiger partial charge in [-0.2, -0.15) is 0 Å². The Morgan fingerprint density at radius 3 is 2.39 bits per heavy atom. The summed E-state index contributed by atoms with van der Waals surface area (Å²) in [4.78, 5) is 0. The van der Waals surface area contributed by atoms with E-state index < -0.39 is 0 Å². The highest BCUT2D eigenvalue weighted by atomic mass is 79.9. The first-order valence-corrected chi connectivity index (χ1v) is 8.06. The summed E-state index contributed by atoms with van der Waals surface area (Å²) in [5.41, 5.74) is 1.02. The van der Waals surface area contributed by atoms with Crippen LogP contribution in [0.2, 0.25) is 0 Å². The highest BCUT2D eigenvalue weighted by Gasteiger charge is 2.35. The minimum Gasteiger partial charge on any atom is -0.378 e. The third kappa shape index (κ3) is 3.22. The van der Waals surface area contributed by atoms with Crippen LogP contribution < -0.4 is 0 Å². The second-order valence-corrected chi connectivity index (χ2v) is 6.34. The molecule has 1 fully saturated rings. The average molecular weight is 352 g/mol. The Morgan fingerprint density at radius 1 is 1.22 bits per heavy atom. The van der Waals surface area contributed by atoms with E-state index in [9.17, 15) is 0 Å². The summed E-state index contributed by atoms with van der Waals surface area (Å²) in [7, 11) is 0. The first-order valence-electron chi connectivity index (χ1n) is 6.20.